The van der Waals surface area contributed by atoms with Gasteiger partial charge in [0, 0.05) is 7.05 Å². The number of rotatable bonds is 0. The molecule has 0 aromatic carbocycles. The third kappa shape index (κ3) is 1.36. The van der Waals surface area contributed by atoms with Crippen molar-refractivity contribution in [3.63, 3.8) is 0 Å². The molecule has 0 amide bonds. The van der Waals surface area contributed by atoms with Crippen LogP contribution in [0.5, 0.6) is 0 Å². The predicted molar refractivity (Wildman–Crippen MR) is 29.0 cm³/mol. The van der Waals surface area contributed by atoms with Gasteiger partial charge in [0.15, 0.2) is 0 Å². The lowest BCUT2D eigenvalue weighted by Gasteiger charge is -2.22. The molecule has 11 heavy (non-hydrogen) atoms. The van der Waals surface area contributed by atoms with Crippen molar-refractivity contribution in [2.45, 2.75) is 12.7 Å². The molecule has 3 nitrogen and oxygen atoms in total. The van der Waals surface area contributed by atoms with Gasteiger partial charge in [0.2, 0.25) is 0 Å². The van der Waals surface area contributed by atoms with Crippen LogP contribution in [0.1, 0.15) is 0 Å². The zero-order valence-electron chi connectivity index (χ0n) is 5.51. The third-order valence-corrected chi connectivity index (χ3v) is 1.19. The zero-order valence-corrected chi connectivity index (χ0v) is 5.51. The van der Waals surface area contributed by atoms with Crippen molar-refractivity contribution in [3.8, 4) is 0 Å². The fraction of sp³-hybridized carbons (Fsp3) is 0.750. The number of halogens is 4. The van der Waals surface area contributed by atoms with Gasteiger partial charge in [-0.3, -0.25) is 0 Å². The molecule has 1 heterocycles. The number of alkyl halides is 4. The summed E-state index contributed by atoms with van der Waals surface area (Å²) in [6, 6.07) is 0. The molecule has 0 N–H and O–H groups in total. The lowest BCUT2D eigenvalue weighted by Crippen LogP contribution is -2.43. The van der Waals surface area contributed by atoms with Crippen molar-refractivity contribution in [2.75, 3.05) is 7.05 Å². The minimum absolute atomic E-state index is 0.407. The summed E-state index contributed by atoms with van der Waals surface area (Å²) in [4.78, 5) is -0.424. The summed E-state index contributed by atoms with van der Waals surface area (Å²) in [5.41, 5.74) is 0. The van der Waals surface area contributed by atoms with Gasteiger partial charge in [-0.25, -0.2) is 9.91 Å². The molecule has 0 aromatic heterocycles. The van der Waals surface area contributed by atoms with Gasteiger partial charge >= 0.3 is 6.30 Å². The Hall–Kier alpha value is -1.01. The molecule has 0 aliphatic carbocycles. The quantitative estimate of drug-likeness (QED) is 0.399. The van der Waals surface area contributed by atoms with Gasteiger partial charge in [0.1, 0.15) is 6.34 Å². The van der Waals surface area contributed by atoms with Gasteiger partial charge in [-0.05, 0) is 0 Å². The summed E-state index contributed by atoms with van der Waals surface area (Å²) in [7, 11) is 1.12. The molecule has 0 aromatic rings. The van der Waals surface area contributed by atoms with Crippen LogP contribution in [-0.2, 0) is 0 Å². The molecule has 0 fully saturated rings. The lowest BCUT2D eigenvalue weighted by atomic mass is 10.7. The molecule has 0 bridgehead atoms. The van der Waals surface area contributed by atoms with Crippen molar-refractivity contribution in [1.29, 1.82) is 0 Å². The van der Waals surface area contributed by atoms with Crippen LogP contribution in [-0.4, -0.2) is 36.0 Å². The lowest BCUT2D eigenvalue weighted by molar-refractivity contribution is -0.251. The van der Waals surface area contributed by atoms with Gasteiger partial charge in [0.05, 0.1) is 0 Å². The van der Waals surface area contributed by atoms with E-state index in [0.29, 0.717) is 11.3 Å². The van der Waals surface area contributed by atoms with Gasteiger partial charge in [-0.2, -0.15) is 9.49 Å². The molecular weight excluding hydrogens is 166 g/mol. The molecule has 1 rings (SSSR count). The Morgan fingerprint density at radius 3 is 2.18 bits per heavy atom. The fourth-order valence-corrected chi connectivity index (χ4v) is 0.613. The van der Waals surface area contributed by atoms with E-state index in [4.69, 9.17) is 0 Å². The van der Waals surface area contributed by atoms with Crippen molar-refractivity contribution < 1.29 is 17.6 Å². The van der Waals surface area contributed by atoms with Crippen LogP contribution in [0, 0.1) is 0 Å². The highest BCUT2D eigenvalue weighted by molar-refractivity contribution is 5.57. The van der Waals surface area contributed by atoms with Crippen LogP contribution in [0.15, 0.2) is 5.10 Å². The van der Waals surface area contributed by atoms with Crippen LogP contribution in [0.25, 0.3) is 0 Å². The number of hydrogen-bond donors (Lipinski definition) is 0. The molecular formula is C4H5F4N3. The highest BCUT2D eigenvalue weighted by Gasteiger charge is 2.44. The molecule has 64 valence electrons. The highest BCUT2D eigenvalue weighted by Crippen LogP contribution is 2.26. The Balaban J connectivity index is 2.70. The Bertz CT molecular complexity index is 177. The number of nitrogens with zero attached hydrogens (tertiary/aromatic N) is 3. The van der Waals surface area contributed by atoms with Gasteiger partial charge < -0.3 is 0 Å². The van der Waals surface area contributed by atoms with E-state index in [1.54, 1.807) is 0 Å². The molecule has 0 saturated heterocycles. The van der Waals surface area contributed by atoms with E-state index in [-0.39, 0.29) is 0 Å². The molecule has 0 spiro atoms. The largest absolute Gasteiger partial charge is 0.489 e. The first kappa shape index (κ1) is 8.09. The third-order valence-electron chi connectivity index (χ3n) is 1.19. The van der Waals surface area contributed by atoms with E-state index in [1.807, 2.05) is 0 Å². The average molecular weight is 171 g/mol. The van der Waals surface area contributed by atoms with Crippen LogP contribution in [0.3, 0.4) is 0 Å². The Labute approximate surface area is 59.9 Å². The van der Waals surface area contributed by atoms with E-state index in [9.17, 15) is 17.6 Å². The molecule has 1 aliphatic rings. The highest BCUT2D eigenvalue weighted by atomic mass is 19.4. The predicted octanol–water partition coefficient (Wildman–Crippen LogP) is 0.950. The second-order valence-corrected chi connectivity index (χ2v) is 1.99. The zero-order chi connectivity index (χ0) is 8.65. The first-order valence-electron chi connectivity index (χ1n) is 2.69. The molecule has 1 atom stereocenters. The van der Waals surface area contributed by atoms with E-state index >= 15 is 0 Å². The minimum atomic E-state index is -4.70. The molecule has 1 unspecified atom stereocenters. The molecule has 0 saturated carbocycles. The SMILES string of the molecule is CN1N=CN(C(F)(F)F)C1F. The van der Waals surface area contributed by atoms with E-state index in [0.717, 1.165) is 7.05 Å². The minimum Gasteiger partial charge on any atom is -0.248 e. The second-order valence-electron chi connectivity index (χ2n) is 1.99. The van der Waals surface area contributed by atoms with Crippen LogP contribution in [0.2, 0.25) is 0 Å². The van der Waals surface area contributed by atoms with Crippen LogP contribution < -0.4 is 0 Å². The van der Waals surface area contributed by atoms with E-state index in [1.165, 1.54) is 0 Å². The Morgan fingerprint density at radius 2 is 2.00 bits per heavy atom. The fourth-order valence-electron chi connectivity index (χ4n) is 0.613. The first-order chi connectivity index (χ1) is 4.93. The van der Waals surface area contributed by atoms with Gasteiger partial charge in [0.25, 0.3) is 6.42 Å². The van der Waals surface area contributed by atoms with Gasteiger partial charge in [-0.15, -0.1) is 13.2 Å². The topological polar surface area (TPSA) is 18.8 Å². The summed E-state index contributed by atoms with van der Waals surface area (Å²) in [5, 5.41) is 3.68. The average Bonchev–Trinajstić information content (AvgIpc) is 2.11. The standard InChI is InChI=1S/C4H5F4N3/c1-10-3(5)11(2-9-10)4(6,7)8/h2-3H,1H3. The van der Waals surface area contributed by atoms with E-state index < -0.39 is 17.6 Å². The van der Waals surface area contributed by atoms with Crippen LogP contribution >= 0.6 is 0 Å². The van der Waals surface area contributed by atoms with E-state index in [2.05, 4.69) is 5.10 Å². The smallest absolute Gasteiger partial charge is 0.248 e. The van der Waals surface area contributed by atoms with Crippen molar-refractivity contribution in [2.24, 2.45) is 5.10 Å². The summed E-state index contributed by atoms with van der Waals surface area (Å²) in [6.07, 6.45) is -6.53. The molecule has 7 heteroatoms. The van der Waals surface area contributed by atoms with Crippen molar-refractivity contribution in [3.05, 3.63) is 0 Å². The maximum Gasteiger partial charge on any atom is 0.489 e. The summed E-state index contributed by atoms with van der Waals surface area (Å²) in [5.74, 6) is 0. The van der Waals surface area contributed by atoms with Crippen LogP contribution in [0.4, 0.5) is 17.6 Å². The maximum atomic E-state index is 12.5. The number of hydrazone groups is 1. The molecule has 1 aliphatic heterocycles. The summed E-state index contributed by atoms with van der Waals surface area (Å²) in [6.45, 7) is 0. The van der Waals surface area contributed by atoms with Gasteiger partial charge in [-0.1, -0.05) is 0 Å². The Kier molecular flexibility index (Phi) is 1.65. The normalized spacial score (nSPS) is 25.0. The van der Waals surface area contributed by atoms with Crippen molar-refractivity contribution in [1.82, 2.24) is 9.91 Å². The Morgan fingerprint density at radius 1 is 1.45 bits per heavy atom. The van der Waals surface area contributed by atoms with Crippen molar-refractivity contribution >= 4 is 6.34 Å². The number of hydrogen-bond acceptors (Lipinski definition) is 3. The second kappa shape index (κ2) is 2.24. The summed E-state index contributed by atoms with van der Waals surface area (Å²) < 4.78 is 47.7. The maximum absolute atomic E-state index is 12.5. The monoisotopic (exact) mass is 171 g/mol. The molecule has 0 radical (unpaired) electrons. The first-order valence-corrected chi connectivity index (χ1v) is 2.69. The summed E-state index contributed by atoms with van der Waals surface area (Å²) >= 11 is 0.